The van der Waals surface area contributed by atoms with E-state index in [0.29, 0.717) is 17.1 Å². The van der Waals surface area contributed by atoms with Gasteiger partial charge in [-0.15, -0.1) is 0 Å². The van der Waals surface area contributed by atoms with E-state index in [0.717, 1.165) is 6.07 Å². The van der Waals surface area contributed by atoms with E-state index in [2.05, 4.69) is 4.72 Å². The third kappa shape index (κ3) is 4.05. The summed E-state index contributed by atoms with van der Waals surface area (Å²) >= 11 is 11.6. The van der Waals surface area contributed by atoms with Crippen molar-refractivity contribution in [2.75, 3.05) is 14.2 Å². The molecule has 24 heavy (non-hydrogen) atoms. The Morgan fingerprint density at radius 2 is 1.83 bits per heavy atom. The van der Waals surface area contributed by atoms with Gasteiger partial charge in [0.15, 0.2) is 5.75 Å². The minimum Gasteiger partial charge on any atom is -0.505 e. The number of phenols is 1. The summed E-state index contributed by atoms with van der Waals surface area (Å²) < 4.78 is 37.5. The van der Waals surface area contributed by atoms with Crippen molar-refractivity contribution >= 4 is 33.2 Å². The first-order valence-electron chi connectivity index (χ1n) is 6.67. The van der Waals surface area contributed by atoms with E-state index >= 15 is 0 Å². The van der Waals surface area contributed by atoms with Crippen LogP contribution >= 0.6 is 23.2 Å². The van der Waals surface area contributed by atoms with Gasteiger partial charge >= 0.3 is 0 Å². The van der Waals surface area contributed by atoms with E-state index in [1.807, 2.05) is 0 Å². The van der Waals surface area contributed by atoms with Crippen LogP contribution in [0.1, 0.15) is 5.56 Å². The summed E-state index contributed by atoms with van der Waals surface area (Å²) in [4.78, 5) is -0.401. The molecular formula is C15H15Cl2NO5S. The van der Waals surface area contributed by atoms with Crippen LogP contribution in [0.2, 0.25) is 10.0 Å². The first-order valence-corrected chi connectivity index (χ1v) is 8.91. The lowest BCUT2D eigenvalue weighted by atomic mass is 10.2. The zero-order valence-electron chi connectivity index (χ0n) is 12.8. The first-order chi connectivity index (χ1) is 11.3. The second-order valence-electron chi connectivity index (χ2n) is 4.74. The Labute approximate surface area is 150 Å². The van der Waals surface area contributed by atoms with Crippen LogP contribution in [0.4, 0.5) is 0 Å². The van der Waals surface area contributed by atoms with Gasteiger partial charge < -0.3 is 14.6 Å². The van der Waals surface area contributed by atoms with Gasteiger partial charge in [0, 0.05) is 17.1 Å². The molecule has 0 saturated carbocycles. The predicted molar refractivity (Wildman–Crippen MR) is 91.7 cm³/mol. The maximum Gasteiger partial charge on any atom is 0.244 e. The monoisotopic (exact) mass is 391 g/mol. The van der Waals surface area contributed by atoms with Gasteiger partial charge in [0.2, 0.25) is 10.0 Å². The summed E-state index contributed by atoms with van der Waals surface area (Å²) in [5.41, 5.74) is 0.563. The van der Waals surface area contributed by atoms with Crippen LogP contribution in [0, 0.1) is 0 Å². The van der Waals surface area contributed by atoms with Crippen LogP contribution < -0.4 is 14.2 Å². The minimum absolute atomic E-state index is 0.0771. The highest BCUT2D eigenvalue weighted by atomic mass is 35.5. The van der Waals surface area contributed by atoms with E-state index in [4.69, 9.17) is 32.7 Å². The van der Waals surface area contributed by atoms with Crippen molar-refractivity contribution in [2.24, 2.45) is 0 Å². The highest BCUT2D eigenvalue weighted by Crippen LogP contribution is 2.34. The maximum absolute atomic E-state index is 12.4. The van der Waals surface area contributed by atoms with Crippen LogP contribution in [0.3, 0.4) is 0 Å². The predicted octanol–water partition coefficient (Wildman–Crippen LogP) is 3.19. The Morgan fingerprint density at radius 3 is 2.46 bits per heavy atom. The van der Waals surface area contributed by atoms with Crippen LogP contribution in [-0.4, -0.2) is 27.7 Å². The molecular weight excluding hydrogens is 377 g/mol. The average Bonchev–Trinajstić information content (AvgIpc) is 2.55. The van der Waals surface area contributed by atoms with Crippen LogP contribution in [0.15, 0.2) is 35.2 Å². The molecule has 0 saturated heterocycles. The Balaban J connectivity index is 2.32. The van der Waals surface area contributed by atoms with Gasteiger partial charge in [-0.3, -0.25) is 0 Å². The number of methoxy groups -OCH3 is 2. The molecule has 130 valence electrons. The molecule has 0 aromatic heterocycles. The van der Waals surface area contributed by atoms with Gasteiger partial charge in [-0.25, -0.2) is 13.1 Å². The quantitative estimate of drug-likeness (QED) is 0.789. The molecule has 9 heteroatoms. The second kappa shape index (κ2) is 7.48. The number of hydrogen-bond acceptors (Lipinski definition) is 5. The van der Waals surface area contributed by atoms with Crippen LogP contribution in [-0.2, 0) is 16.6 Å². The summed E-state index contributed by atoms with van der Waals surface area (Å²) in [5, 5.41) is 9.83. The Kier molecular flexibility index (Phi) is 5.82. The Hall–Kier alpha value is -1.67. The summed E-state index contributed by atoms with van der Waals surface area (Å²) in [6.45, 7) is -0.0771. The Bertz CT molecular complexity index is 855. The smallest absolute Gasteiger partial charge is 0.244 e. The minimum atomic E-state index is -4.04. The van der Waals surface area contributed by atoms with E-state index in [1.165, 1.54) is 20.3 Å². The zero-order chi connectivity index (χ0) is 17.9. The highest BCUT2D eigenvalue weighted by molar-refractivity contribution is 7.89. The van der Waals surface area contributed by atoms with Crippen LogP contribution in [0.25, 0.3) is 0 Å². The van der Waals surface area contributed by atoms with Crippen LogP contribution in [0.5, 0.6) is 17.2 Å². The van der Waals surface area contributed by atoms with Crippen molar-refractivity contribution in [3.05, 3.63) is 45.9 Å². The number of hydrogen-bond donors (Lipinski definition) is 2. The molecule has 0 aliphatic heterocycles. The van der Waals surface area contributed by atoms with Gasteiger partial charge in [-0.05, 0) is 30.3 Å². The van der Waals surface area contributed by atoms with E-state index < -0.39 is 20.7 Å². The number of sulfonamides is 1. The number of ether oxygens (including phenoxy) is 2. The molecule has 0 radical (unpaired) electrons. The molecule has 2 N–H and O–H groups in total. The molecule has 0 amide bonds. The molecule has 2 rings (SSSR count). The van der Waals surface area contributed by atoms with Crippen molar-refractivity contribution in [2.45, 2.75) is 11.4 Å². The largest absolute Gasteiger partial charge is 0.505 e. The first kappa shape index (κ1) is 18.7. The third-order valence-electron chi connectivity index (χ3n) is 3.22. The summed E-state index contributed by atoms with van der Waals surface area (Å²) in [5.74, 6) is 0.483. The summed E-state index contributed by atoms with van der Waals surface area (Å²) in [6.07, 6.45) is 0. The fourth-order valence-corrected chi connectivity index (χ4v) is 3.78. The topological polar surface area (TPSA) is 84.9 Å². The molecule has 0 aliphatic carbocycles. The summed E-state index contributed by atoms with van der Waals surface area (Å²) in [6, 6.07) is 7.37. The molecule has 0 aliphatic rings. The number of aromatic hydroxyl groups is 1. The van der Waals surface area contributed by atoms with Crippen molar-refractivity contribution in [3.63, 3.8) is 0 Å². The third-order valence-corrected chi connectivity index (χ3v) is 5.14. The second-order valence-corrected chi connectivity index (χ2v) is 7.32. The molecule has 0 heterocycles. The lowest BCUT2D eigenvalue weighted by Crippen LogP contribution is -2.23. The number of rotatable bonds is 6. The molecule has 0 unspecified atom stereocenters. The number of benzene rings is 2. The van der Waals surface area contributed by atoms with Crippen molar-refractivity contribution < 1.29 is 23.0 Å². The maximum atomic E-state index is 12.4. The number of phenolic OH excluding ortho intramolecular Hbond substituents is 1. The van der Waals surface area contributed by atoms with E-state index in [9.17, 15) is 13.5 Å². The molecule has 0 spiro atoms. The van der Waals surface area contributed by atoms with Crippen molar-refractivity contribution in [3.8, 4) is 17.2 Å². The normalized spacial score (nSPS) is 11.3. The number of nitrogens with one attached hydrogen (secondary N) is 1. The van der Waals surface area contributed by atoms with Gasteiger partial charge in [-0.1, -0.05) is 23.2 Å². The number of halogens is 2. The zero-order valence-corrected chi connectivity index (χ0v) is 15.2. The van der Waals surface area contributed by atoms with Gasteiger partial charge in [0.25, 0.3) is 0 Å². The van der Waals surface area contributed by atoms with Gasteiger partial charge in [0.1, 0.15) is 16.4 Å². The van der Waals surface area contributed by atoms with Gasteiger partial charge in [0.05, 0.1) is 19.2 Å². The SMILES string of the molecule is COc1ccc(OC)c(CNS(=O)(=O)c2cc(Cl)cc(Cl)c2O)c1. The standard InChI is InChI=1S/C15H15Cl2NO5S/c1-22-11-3-4-13(23-2)9(5-11)8-18-24(20,21)14-7-10(16)6-12(17)15(14)19/h3-7,18-19H,8H2,1-2H3. The molecule has 6 nitrogen and oxygen atoms in total. The lowest BCUT2D eigenvalue weighted by Gasteiger charge is -2.13. The molecule has 0 atom stereocenters. The highest BCUT2D eigenvalue weighted by Gasteiger charge is 2.22. The van der Waals surface area contributed by atoms with E-state index in [1.54, 1.807) is 18.2 Å². The fourth-order valence-electron chi connectivity index (χ4n) is 2.02. The Morgan fingerprint density at radius 1 is 1.12 bits per heavy atom. The van der Waals surface area contributed by atoms with Gasteiger partial charge in [-0.2, -0.15) is 0 Å². The molecule has 2 aromatic rings. The average molecular weight is 392 g/mol. The van der Waals surface area contributed by atoms with Crippen molar-refractivity contribution in [1.82, 2.24) is 4.72 Å². The lowest BCUT2D eigenvalue weighted by molar-refractivity contribution is 0.398. The fraction of sp³-hybridized carbons (Fsp3) is 0.200. The molecule has 2 aromatic carbocycles. The summed E-state index contributed by atoms with van der Waals surface area (Å²) in [7, 11) is -1.07. The molecule has 0 bridgehead atoms. The molecule has 0 fully saturated rings. The van der Waals surface area contributed by atoms with Crippen molar-refractivity contribution in [1.29, 1.82) is 0 Å². The van der Waals surface area contributed by atoms with E-state index in [-0.39, 0.29) is 16.6 Å².